The summed E-state index contributed by atoms with van der Waals surface area (Å²) in [6.07, 6.45) is 17.9. The molecule has 0 radical (unpaired) electrons. The third kappa shape index (κ3) is 3.34. The van der Waals surface area contributed by atoms with E-state index < -0.39 is 0 Å². The molecule has 3 saturated carbocycles. The van der Waals surface area contributed by atoms with Crippen LogP contribution in [0.5, 0.6) is 0 Å². The summed E-state index contributed by atoms with van der Waals surface area (Å²) in [5.74, 6) is 4.11. The molecule has 1 nitrogen and oxygen atoms in total. The highest BCUT2D eigenvalue weighted by Crippen LogP contribution is 2.66. The largest absolute Gasteiger partial charge is 0.393 e. The van der Waals surface area contributed by atoms with E-state index in [0.29, 0.717) is 10.8 Å². The normalized spacial score (nSPS) is 46.1. The molecule has 4 aliphatic rings. The lowest BCUT2D eigenvalue weighted by atomic mass is 9.47. The third-order valence-electron chi connectivity index (χ3n) is 9.99. The summed E-state index contributed by atoms with van der Waals surface area (Å²) >= 11 is 0. The lowest BCUT2D eigenvalue weighted by Gasteiger charge is -2.57. The minimum absolute atomic E-state index is 0.0422. The molecular formula is C27H44O. The van der Waals surface area contributed by atoms with Gasteiger partial charge in [0.2, 0.25) is 0 Å². The van der Waals surface area contributed by atoms with Crippen molar-refractivity contribution in [1.29, 1.82) is 0 Å². The fourth-order valence-electron chi connectivity index (χ4n) is 8.30. The summed E-state index contributed by atoms with van der Waals surface area (Å²) in [5.41, 5.74) is 4.32. The van der Waals surface area contributed by atoms with Gasteiger partial charge in [0.25, 0.3) is 0 Å². The topological polar surface area (TPSA) is 20.2 Å². The van der Waals surface area contributed by atoms with Crippen molar-refractivity contribution in [3.8, 4) is 0 Å². The quantitative estimate of drug-likeness (QED) is 0.504. The molecule has 4 aliphatic carbocycles. The Morgan fingerprint density at radius 1 is 1.11 bits per heavy atom. The van der Waals surface area contributed by atoms with Crippen LogP contribution in [0.2, 0.25) is 0 Å². The minimum atomic E-state index is -0.0422. The molecule has 3 fully saturated rings. The van der Waals surface area contributed by atoms with Crippen LogP contribution in [0.15, 0.2) is 23.3 Å². The van der Waals surface area contributed by atoms with Crippen molar-refractivity contribution in [2.75, 3.05) is 0 Å². The lowest BCUT2D eigenvalue weighted by molar-refractivity contribution is -0.0426. The van der Waals surface area contributed by atoms with Crippen LogP contribution >= 0.6 is 0 Å². The highest BCUT2D eigenvalue weighted by molar-refractivity contribution is 5.27. The van der Waals surface area contributed by atoms with E-state index in [0.717, 1.165) is 42.4 Å². The molecule has 0 aliphatic heterocycles. The second-order valence-corrected chi connectivity index (χ2v) is 11.7. The Morgan fingerprint density at radius 3 is 2.57 bits per heavy atom. The standard InChI is InChI=1S/C27H44O/c1-18(2)7-6-8-19(3)23-11-12-24-22-10-9-20-17-21(28)13-15-26(20,4)25(22)14-16-27(23,24)5/h7,10,19-21,23-25,28H,6,8-9,11-17H2,1-5H3/t19-,20+,21-,23-,24+,25+,26+,27-/m1/s1. The van der Waals surface area contributed by atoms with Crippen molar-refractivity contribution in [2.45, 2.75) is 105 Å². The average Bonchev–Trinajstić information content (AvgIpc) is 2.99. The van der Waals surface area contributed by atoms with E-state index >= 15 is 0 Å². The fraction of sp³-hybridized carbons (Fsp3) is 0.852. The van der Waals surface area contributed by atoms with E-state index in [1.807, 2.05) is 5.57 Å². The first-order valence-corrected chi connectivity index (χ1v) is 12.3. The van der Waals surface area contributed by atoms with Gasteiger partial charge < -0.3 is 5.11 Å². The highest BCUT2D eigenvalue weighted by atomic mass is 16.3. The van der Waals surface area contributed by atoms with Crippen molar-refractivity contribution >= 4 is 0 Å². The van der Waals surface area contributed by atoms with Gasteiger partial charge in [0.1, 0.15) is 0 Å². The summed E-state index contributed by atoms with van der Waals surface area (Å²) in [4.78, 5) is 0. The Morgan fingerprint density at radius 2 is 1.82 bits per heavy atom. The Bertz CT molecular complexity index is 641. The molecule has 8 atom stereocenters. The minimum Gasteiger partial charge on any atom is -0.393 e. The van der Waals surface area contributed by atoms with E-state index in [1.54, 1.807) is 0 Å². The number of hydrogen-bond acceptors (Lipinski definition) is 1. The van der Waals surface area contributed by atoms with Crippen molar-refractivity contribution < 1.29 is 5.11 Å². The second kappa shape index (κ2) is 7.60. The molecule has 0 saturated heterocycles. The van der Waals surface area contributed by atoms with Crippen LogP contribution in [-0.2, 0) is 0 Å². The van der Waals surface area contributed by atoms with Gasteiger partial charge in [-0.2, -0.15) is 0 Å². The number of aliphatic hydroxyl groups is 1. The van der Waals surface area contributed by atoms with Gasteiger partial charge in [0, 0.05) is 0 Å². The lowest BCUT2D eigenvalue weighted by Crippen LogP contribution is -2.49. The van der Waals surface area contributed by atoms with Crippen molar-refractivity contribution in [1.82, 2.24) is 0 Å². The second-order valence-electron chi connectivity index (χ2n) is 11.7. The maximum atomic E-state index is 10.2. The Labute approximate surface area is 174 Å². The number of aliphatic hydroxyl groups excluding tert-OH is 1. The molecule has 4 rings (SSSR count). The number of allylic oxidation sites excluding steroid dienone is 4. The van der Waals surface area contributed by atoms with Gasteiger partial charge in [0.05, 0.1) is 6.10 Å². The first-order valence-electron chi connectivity index (χ1n) is 12.3. The maximum Gasteiger partial charge on any atom is 0.0543 e. The number of hydrogen-bond donors (Lipinski definition) is 1. The smallest absolute Gasteiger partial charge is 0.0543 e. The molecule has 28 heavy (non-hydrogen) atoms. The van der Waals surface area contributed by atoms with Gasteiger partial charge in [-0.05, 0) is 118 Å². The van der Waals surface area contributed by atoms with Crippen LogP contribution in [0.4, 0.5) is 0 Å². The third-order valence-corrected chi connectivity index (χ3v) is 9.99. The summed E-state index contributed by atoms with van der Waals surface area (Å²) in [7, 11) is 0. The van der Waals surface area contributed by atoms with Crippen LogP contribution in [0.3, 0.4) is 0 Å². The van der Waals surface area contributed by atoms with Crippen LogP contribution in [-0.4, -0.2) is 11.2 Å². The van der Waals surface area contributed by atoms with Gasteiger partial charge in [-0.15, -0.1) is 0 Å². The Hall–Kier alpha value is -0.560. The zero-order chi connectivity index (χ0) is 20.1. The van der Waals surface area contributed by atoms with Crippen LogP contribution < -0.4 is 0 Å². The molecule has 0 aromatic carbocycles. The summed E-state index contributed by atoms with van der Waals surface area (Å²) < 4.78 is 0. The van der Waals surface area contributed by atoms with Crippen molar-refractivity contribution in [2.24, 2.45) is 40.4 Å². The van der Waals surface area contributed by atoms with E-state index in [9.17, 15) is 5.11 Å². The predicted octanol–water partition coefficient (Wildman–Crippen LogP) is 7.31. The van der Waals surface area contributed by atoms with E-state index in [1.165, 1.54) is 56.9 Å². The Kier molecular flexibility index (Phi) is 5.62. The number of rotatable bonds is 4. The maximum absolute atomic E-state index is 10.2. The van der Waals surface area contributed by atoms with Gasteiger partial charge in [0.15, 0.2) is 0 Å². The molecule has 0 aromatic rings. The molecule has 0 amide bonds. The van der Waals surface area contributed by atoms with Gasteiger partial charge in [-0.1, -0.05) is 44.1 Å². The molecular weight excluding hydrogens is 340 g/mol. The molecule has 0 spiro atoms. The predicted molar refractivity (Wildman–Crippen MR) is 119 cm³/mol. The molecule has 158 valence electrons. The SMILES string of the molecule is CC(C)=CCC[C@@H](C)[C@H]1CC[C@H]2C3=CC[C@H]4C[C@H](O)CC[C@]4(C)[C@H]3CC[C@]12C. The molecule has 1 N–H and O–H groups in total. The highest BCUT2D eigenvalue weighted by Gasteiger charge is 2.58. The summed E-state index contributed by atoms with van der Waals surface area (Å²) in [6, 6.07) is 0. The van der Waals surface area contributed by atoms with E-state index in [2.05, 4.69) is 46.8 Å². The molecule has 0 unspecified atom stereocenters. The fourth-order valence-corrected chi connectivity index (χ4v) is 8.30. The molecule has 1 heteroatoms. The van der Waals surface area contributed by atoms with Crippen molar-refractivity contribution in [3.05, 3.63) is 23.3 Å². The monoisotopic (exact) mass is 384 g/mol. The van der Waals surface area contributed by atoms with Gasteiger partial charge >= 0.3 is 0 Å². The van der Waals surface area contributed by atoms with Gasteiger partial charge in [-0.3, -0.25) is 0 Å². The average molecular weight is 385 g/mol. The summed E-state index contributed by atoms with van der Waals surface area (Å²) in [6.45, 7) is 12.2. The Balaban J connectivity index is 1.52. The van der Waals surface area contributed by atoms with E-state index in [4.69, 9.17) is 0 Å². The first-order chi connectivity index (χ1) is 13.3. The molecule has 0 heterocycles. The number of fused-ring (bicyclic) bond motifs is 5. The van der Waals surface area contributed by atoms with Gasteiger partial charge in [-0.25, -0.2) is 0 Å². The molecule has 0 bridgehead atoms. The van der Waals surface area contributed by atoms with Crippen LogP contribution in [0.1, 0.15) is 98.8 Å². The first kappa shape index (κ1) is 20.7. The zero-order valence-corrected chi connectivity index (χ0v) is 19.1. The van der Waals surface area contributed by atoms with Crippen molar-refractivity contribution in [3.63, 3.8) is 0 Å². The summed E-state index contributed by atoms with van der Waals surface area (Å²) in [5, 5.41) is 10.2. The van der Waals surface area contributed by atoms with Crippen LogP contribution in [0.25, 0.3) is 0 Å². The molecule has 0 aromatic heterocycles. The van der Waals surface area contributed by atoms with Crippen LogP contribution in [0, 0.1) is 40.4 Å². The zero-order valence-electron chi connectivity index (χ0n) is 19.1. The van der Waals surface area contributed by atoms with E-state index in [-0.39, 0.29) is 6.10 Å².